The maximum Gasteiger partial charge on any atom is 0.356 e. The van der Waals surface area contributed by atoms with Gasteiger partial charge < -0.3 is 14.7 Å². The molecule has 2 aliphatic heterocycles. The molecule has 4 atom stereocenters. The Labute approximate surface area is 204 Å². The molecule has 0 bridgehead atoms. The second-order valence-electron chi connectivity index (χ2n) is 8.06. The number of nitrogens with zero attached hydrogens (tertiary/aromatic N) is 3. The standard InChI is InChI=1S/C23H23N3O6S2/c1-13-19-18(14(2)27)22(28)25(19)20(21(13)34-12-33-17-7-9-24-10-8-17)23(29)32-11-15-3-5-16(6-4-15)26(30)31/h3-10,13-14,18-19,27H,11-12H2,1-2H3/t13-,14-,18-,19-/m1/s1. The lowest BCUT2D eigenvalue weighted by Gasteiger charge is -2.46. The van der Waals surface area contributed by atoms with Crippen molar-refractivity contribution in [2.45, 2.75) is 37.5 Å². The van der Waals surface area contributed by atoms with E-state index >= 15 is 0 Å². The zero-order valence-corrected chi connectivity index (χ0v) is 20.1. The predicted octanol–water partition coefficient (Wildman–Crippen LogP) is 3.59. The van der Waals surface area contributed by atoms with Crippen LogP contribution >= 0.6 is 23.5 Å². The first-order valence-corrected chi connectivity index (χ1v) is 12.6. The largest absolute Gasteiger partial charge is 0.456 e. The van der Waals surface area contributed by atoms with Gasteiger partial charge in [-0.05, 0) is 36.8 Å². The van der Waals surface area contributed by atoms with E-state index in [-0.39, 0.29) is 35.9 Å². The number of pyridine rings is 1. The summed E-state index contributed by atoms with van der Waals surface area (Å²) in [6, 6.07) is 9.26. The van der Waals surface area contributed by atoms with Crippen LogP contribution in [0.3, 0.4) is 0 Å². The van der Waals surface area contributed by atoms with Crippen molar-refractivity contribution in [3.05, 3.63) is 75.1 Å². The van der Waals surface area contributed by atoms with Crippen molar-refractivity contribution >= 4 is 41.1 Å². The maximum atomic E-state index is 13.1. The number of ether oxygens (including phenoxy) is 1. The summed E-state index contributed by atoms with van der Waals surface area (Å²) in [6.45, 7) is 3.46. The van der Waals surface area contributed by atoms with Gasteiger partial charge in [0, 0.05) is 45.3 Å². The van der Waals surface area contributed by atoms with Crippen LogP contribution in [0.2, 0.25) is 0 Å². The molecule has 1 fully saturated rings. The molecule has 1 amide bonds. The molecule has 2 aromatic rings. The third kappa shape index (κ3) is 4.68. The molecule has 0 radical (unpaired) electrons. The smallest absolute Gasteiger partial charge is 0.356 e. The molecule has 34 heavy (non-hydrogen) atoms. The average molecular weight is 502 g/mol. The number of fused-ring (bicyclic) bond motifs is 1. The van der Waals surface area contributed by atoms with E-state index in [9.17, 15) is 24.8 Å². The van der Waals surface area contributed by atoms with E-state index < -0.39 is 22.9 Å². The van der Waals surface area contributed by atoms with Gasteiger partial charge in [0.15, 0.2) is 0 Å². The van der Waals surface area contributed by atoms with Crippen LogP contribution in [0.4, 0.5) is 5.69 Å². The third-order valence-corrected chi connectivity index (χ3v) is 8.33. The fourth-order valence-electron chi connectivity index (χ4n) is 4.23. The fourth-order valence-corrected chi connectivity index (χ4v) is 6.56. The Morgan fingerprint density at radius 3 is 2.53 bits per heavy atom. The predicted molar refractivity (Wildman–Crippen MR) is 127 cm³/mol. The minimum atomic E-state index is -0.816. The highest BCUT2D eigenvalue weighted by Crippen LogP contribution is 2.51. The van der Waals surface area contributed by atoms with Gasteiger partial charge in [-0.25, -0.2) is 4.79 Å². The minimum absolute atomic E-state index is 0.0500. The molecule has 0 spiro atoms. The summed E-state index contributed by atoms with van der Waals surface area (Å²) in [7, 11) is 0. The molecule has 1 saturated heterocycles. The van der Waals surface area contributed by atoms with Gasteiger partial charge in [-0.15, -0.1) is 23.5 Å². The van der Waals surface area contributed by atoms with Crippen molar-refractivity contribution in [2.75, 3.05) is 5.08 Å². The van der Waals surface area contributed by atoms with Crippen LogP contribution < -0.4 is 0 Å². The van der Waals surface area contributed by atoms with Crippen LogP contribution in [-0.4, -0.2) is 49.0 Å². The Hall–Kier alpha value is -2.89. The number of nitro groups is 1. The first kappa shape index (κ1) is 24.2. The number of non-ortho nitro benzene ring substituents is 1. The Kier molecular flexibility index (Phi) is 7.24. The number of β-lactam (4-membered cyclic amide) rings is 1. The van der Waals surface area contributed by atoms with E-state index in [0.717, 1.165) is 9.80 Å². The van der Waals surface area contributed by atoms with Crippen LogP contribution in [0.25, 0.3) is 0 Å². The number of amides is 1. The number of thioether (sulfide) groups is 2. The Bertz CT molecular complexity index is 1120. The van der Waals surface area contributed by atoms with Crippen molar-refractivity contribution in [3.8, 4) is 0 Å². The van der Waals surface area contributed by atoms with Gasteiger partial charge in [-0.2, -0.15) is 0 Å². The molecule has 2 aliphatic rings. The van der Waals surface area contributed by atoms with E-state index in [4.69, 9.17) is 4.74 Å². The van der Waals surface area contributed by atoms with E-state index in [1.807, 2.05) is 19.1 Å². The second-order valence-corrected chi connectivity index (χ2v) is 10.5. The van der Waals surface area contributed by atoms with Gasteiger partial charge in [0.2, 0.25) is 5.91 Å². The number of rotatable bonds is 9. The van der Waals surface area contributed by atoms with Crippen molar-refractivity contribution in [1.29, 1.82) is 0 Å². The van der Waals surface area contributed by atoms with Crippen LogP contribution in [0.15, 0.2) is 64.3 Å². The Morgan fingerprint density at radius 1 is 1.24 bits per heavy atom. The summed E-state index contributed by atoms with van der Waals surface area (Å²) in [5.74, 6) is -1.59. The van der Waals surface area contributed by atoms with E-state index in [1.165, 1.54) is 40.9 Å². The summed E-state index contributed by atoms with van der Waals surface area (Å²) in [5.41, 5.74) is 0.772. The molecule has 178 valence electrons. The summed E-state index contributed by atoms with van der Waals surface area (Å²) < 4.78 is 5.50. The van der Waals surface area contributed by atoms with E-state index in [1.54, 1.807) is 31.1 Å². The zero-order chi connectivity index (χ0) is 24.4. The van der Waals surface area contributed by atoms with Gasteiger partial charge in [-0.1, -0.05) is 6.92 Å². The topological polar surface area (TPSA) is 123 Å². The first-order chi connectivity index (χ1) is 16.3. The third-order valence-electron chi connectivity index (χ3n) is 5.91. The van der Waals surface area contributed by atoms with E-state index in [0.29, 0.717) is 10.6 Å². The highest BCUT2D eigenvalue weighted by molar-refractivity contribution is 8.17. The lowest BCUT2D eigenvalue weighted by molar-refractivity contribution is -0.384. The normalized spacial score (nSPS) is 22.3. The molecule has 4 rings (SSSR count). The SMILES string of the molecule is C[C@@H](O)[C@H]1C(=O)N2C(C(=O)OCc3ccc([N+](=O)[O-])cc3)=C(SCSc3ccncc3)[C@H](C)[C@H]12. The zero-order valence-electron chi connectivity index (χ0n) is 18.5. The maximum absolute atomic E-state index is 13.1. The molecule has 3 heterocycles. The van der Waals surface area contributed by atoms with Crippen molar-refractivity contribution < 1.29 is 24.4 Å². The lowest BCUT2D eigenvalue weighted by Crippen LogP contribution is -2.63. The number of carbonyl (C=O) groups is 2. The molecule has 1 aromatic carbocycles. The molecule has 11 heteroatoms. The van der Waals surface area contributed by atoms with Crippen LogP contribution in [-0.2, 0) is 20.9 Å². The second kappa shape index (κ2) is 10.2. The number of hydrogen-bond acceptors (Lipinski definition) is 9. The fraction of sp³-hybridized carbons (Fsp3) is 0.348. The van der Waals surface area contributed by atoms with Crippen molar-refractivity contribution in [2.24, 2.45) is 11.8 Å². The minimum Gasteiger partial charge on any atom is -0.456 e. The van der Waals surface area contributed by atoms with Crippen LogP contribution in [0.1, 0.15) is 19.4 Å². The summed E-state index contributed by atoms with van der Waals surface area (Å²) in [4.78, 5) is 43.5. The number of aliphatic hydroxyl groups is 1. The lowest BCUT2D eigenvalue weighted by atomic mass is 9.79. The van der Waals surface area contributed by atoms with Gasteiger partial charge in [0.05, 0.1) is 23.0 Å². The van der Waals surface area contributed by atoms with Crippen molar-refractivity contribution in [3.63, 3.8) is 0 Å². The molecule has 0 unspecified atom stereocenters. The van der Waals surface area contributed by atoms with Crippen LogP contribution in [0, 0.1) is 22.0 Å². The highest BCUT2D eigenvalue weighted by Gasteiger charge is 2.60. The summed E-state index contributed by atoms with van der Waals surface area (Å²) in [5, 5.41) is 21.6. The Morgan fingerprint density at radius 2 is 1.91 bits per heavy atom. The molecular weight excluding hydrogens is 478 g/mol. The number of aliphatic hydroxyl groups excluding tert-OH is 1. The van der Waals surface area contributed by atoms with Gasteiger partial charge >= 0.3 is 5.97 Å². The number of esters is 1. The molecule has 1 aromatic heterocycles. The van der Waals surface area contributed by atoms with Crippen molar-refractivity contribution in [1.82, 2.24) is 9.88 Å². The highest BCUT2D eigenvalue weighted by atomic mass is 32.2. The quantitative estimate of drug-likeness (QED) is 0.137. The van der Waals surface area contributed by atoms with Gasteiger partial charge in [-0.3, -0.25) is 19.9 Å². The summed E-state index contributed by atoms with van der Waals surface area (Å²) in [6.07, 6.45) is 2.61. The van der Waals surface area contributed by atoms with Gasteiger partial charge in [0.1, 0.15) is 12.3 Å². The number of hydrogen-bond donors (Lipinski definition) is 1. The first-order valence-electron chi connectivity index (χ1n) is 10.6. The van der Waals surface area contributed by atoms with Gasteiger partial charge in [0.25, 0.3) is 5.69 Å². The molecule has 0 aliphatic carbocycles. The summed E-state index contributed by atoms with van der Waals surface area (Å²) >= 11 is 3.08. The Balaban J connectivity index is 1.51. The molecule has 1 N–H and O–H groups in total. The molecular formula is C23H23N3O6S2. The van der Waals surface area contributed by atoms with Crippen LogP contribution in [0.5, 0.6) is 0 Å². The monoisotopic (exact) mass is 501 g/mol. The number of carbonyl (C=O) groups excluding carboxylic acids is 2. The molecule has 0 saturated carbocycles. The van der Waals surface area contributed by atoms with E-state index in [2.05, 4.69) is 4.98 Å². The number of benzene rings is 1. The average Bonchev–Trinajstić information content (AvgIpc) is 3.06. The number of nitro benzene ring substituents is 1. The molecule has 9 nitrogen and oxygen atoms in total. The number of aromatic nitrogens is 1.